The van der Waals surface area contributed by atoms with Gasteiger partial charge in [-0.2, -0.15) is 0 Å². The molecule has 0 unspecified atom stereocenters. The van der Waals surface area contributed by atoms with Crippen molar-refractivity contribution < 1.29 is 38.4 Å². The summed E-state index contributed by atoms with van der Waals surface area (Å²) in [4.78, 5) is 32.8. The molecule has 0 aliphatic heterocycles. The predicted octanol–water partition coefficient (Wildman–Crippen LogP) is 0.525. The average molecular weight is 375 g/mol. The Kier molecular flexibility index (Phi) is 13.1. The van der Waals surface area contributed by atoms with E-state index in [0.29, 0.717) is 33.0 Å². The van der Waals surface area contributed by atoms with Gasteiger partial charge in [0.1, 0.15) is 5.60 Å². The zero-order valence-electron chi connectivity index (χ0n) is 15.6. The van der Waals surface area contributed by atoms with E-state index in [0.717, 1.165) is 12.2 Å². The molecule has 26 heavy (non-hydrogen) atoms. The molecule has 2 N–H and O–H groups in total. The SMILES string of the molecule is CC(C)(C)OC(=O)CCOCCOCCOCCNC(=O)/C=C/C(=O)O. The fourth-order valence-corrected chi connectivity index (χ4v) is 1.54. The number of rotatable bonds is 14. The molecule has 0 fully saturated rings. The Hall–Kier alpha value is -1.97. The van der Waals surface area contributed by atoms with Crippen LogP contribution in [0.2, 0.25) is 0 Å². The zero-order chi connectivity index (χ0) is 19.8. The third-order valence-corrected chi connectivity index (χ3v) is 2.54. The van der Waals surface area contributed by atoms with E-state index < -0.39 is 17.5 Å². The number of carbonyl (C=O) groups is 3. The lowest BCUT2D eigenvalue weighted by Crippen LogP contribution is -2.26. The van der Waals surface area contributed by atoms with Crippen LogP contribution >= 0.6 is 0 Å². The van der Waals surface area contributed by atoms with E-state index >= 15 is 0 Å². The Morgan fingerprint density at radius 1 is 0.885 bits per heavy atom. The van der Waals surface area contributed by atoms with Crippen molar-refractivity contribution in [2.24, 2.45) is 0 Å². The summed E-state index contributed by atoms with van der Waals surface area (Å²) in [6.45, 7) is 7.78. The van der Waals surface area contributed by atoms with Crippen molar-refractivity contribution in [2.75, 3.05) is 46.2 Å². The van der Waals surface area contributed by atoms with Crippen LogP contribution in [0.5, 0.6) is 0 Å². The molecule has 0 spiro atoms. The highest BCUT2D eigenvalue weighted by Gasteiger charge is 2.15. The first kappa shape index (κ1) is 24.0. The van der Waals surface area contributed by atoms with Gasteiger partial charge in [-0.05, 0) is 20.8 Å². The molecule has 0 saturated carbocycles. The average Bonchev–Trinajstić information content (AvgIpc) is 2.52. The van der Waals surface area contributed by atoms with Gasteiger partial charge in [0.15, 0.2) is 0 Å². The van der Waals surface area contributed by atoms with E-state index in [1.54, 1.807) is 0 Å². The largest absolute Gasteiger partial charge is 0.478 e. The van der Waals surface area contributed by atoms with Crippen LogP contribution in [-0.4, -0.2) is 74.7 Å². The van der Waals surface area contributed by atoms with E-state index in [9.17, 15) is 14.4 Å². The molecule has 0 heterocycles. The Balaban J connectivity index is 3.33. The summed E-state index contributed by atoms with van der Waals surface area (Å²) in [6.07, 6.45) is 1.90. The molecule has 1 amide bonds. The summed E-state index contributed by atoms with van der Waals surface area (Å²) in [6, 6.07) is 0. The van der Waals surface area contributed by atoms with Gasteiger partial charge >= 0.3 is 11.9 Å². The van der Waals surface area contributed by atoms with E-state index in [2.05, 4.69) is 5.32 Å². The molecule has 9 heteroatoms. The van der Waals surface area contributed by atoms with Gasteiger partial charge in [0.05, 0.1) is 46.1 Å². The maximum Gasteiger partial charge on any atom is 0.328 e. The van der Waals surface area contributed by atoms with Crippen molar-refractivity contribution in [3.8, 4) is 0 Å². The van der Waals surface area contributed by atoms with Crippen LogP contribution in [0.15, 0.2) is 12.2 Å². The van der Waals surface area contributed by atoms with E-state index in [-0.39, 0.29) is 25.5 Å². The van der Waals surface area contributed by atoms with Crippen molar-refractivity contribution in [1.82, 2.24) is 5.32 Å². The molecular weight excluding hydrogens is 346 g/mol. The molecule has 9 nitrogen and oxygen atoms in total. The first-order chi connectivity index (χ1) is 12.2. The van der Waals surface area contributed by atoms with Crippen molar-refractivity contribution in [3.63, 3.8) is 0 Å². The van der Waals surface area contributed by atoms with Gasteiger partial charge in [0.25, 0.3) is 0 Å². The first-order valence-electron chi connectivity index (χ1n) is 8.34. The smallest absolute Gasteiger partial charge is 0.328 e. The Morgan fingerprint density at radius 3 is 1.96 bits per heavy atom. The molecule has 0 saturated heterocycles. The van der Waals surface area contributed by atoms with Gasteiger partial charge in [-0.3, -0.25) is 9.59 Å². The van der Waals surface area contributed by atoms with Crippen molar-refractivity contribution in [3.05, 3.63) is 12.2 Å². The summed E-state index contributed by atoms with van der Waals surface area (Å²) >= 11 is 0. The van der Waals surface area contributed by atoms with Gasteiger partial charge in [-0.15, -0.1) is 0 Å². The van der Waals surface area contributed by atoms with Crippen LogP contribution in [0, 0.1) is 0 Å². The lowest BCUT2D eigenvalue weighted by Gasteiger charge is -2.19. The second kappa shape index (κ2) is 14.2. The minimum absolute atomic E-state index is 0.202. The third kappa shape index (κ3) is 18.4. The normalized spacial score (nSPS) is 11.5. The van der Waals surface area contributed by atoms with E-state index in [1.807, 2.05) is 20.8 Å². The maximum atomic E-state index is 11.4. The maximum absolute atomic E-state index is 11.4. The van der Waals surface area contributed by atoms with Crippen molar-refractivity contribution in [2.45, 2.75) is 32.8 Å². The topological polar surface area (TPSA) is 120 Å². The Labute approximate surface area is 153 Å². The fourth-order valence-electron chi connectivity index (χ4n) is 1.54. The standard InChI is InChI=1S/C17H29NO8/c1-17(2,3)26-16(22)6-8-23-10-12-25-13-11-24-9-7-18-14(19)4-5-15(20)21/h4-5H,6-13H2,1-3H3,(H,18,19)(H,20,21)/b5-4+. The monoisotopic (exact) mass is 375 g/mol. The quantitative estimate of drug-likeness (QED) is 0.256. The van der Waals surface area contributed by atoms with Gasteiger partial charge in [0.2, 0.25) is 5.91 Å². The van der Waals surface area contributed by atoms with Crippen LogP contribution in [0.4, 0.5) is 0 Å². The lowest BCUT2D eigenvalue weighted by atomic mass is 10.2. The highest BCUT2D eigenvalue weighted by molar-refractivity contribution is 5.93. The summed E-state index contributed by atoms with van der Waals surface area (Å²) in [7, 11) is 0. The fraction of sp³-hybridized carbons (Fsp3) is 0.706. The summed E-state index contributed by atoms with van der Waals surface area (Å²) in [5, 5.41) is 10.8. The molecule has 0 rings (SSSR count). The Morgan fingerprint density at radius 2 is 1.42 bits per heavy atom. The molecule has 0 aromatic heterocycles. The predicted molar refractivity (Wildman–Crippen MR) is 92.7 cm³/mol. The number of esters is 1. The highest BCUT2D eigenvalue weighted by Crippen LogP contribution is 2.07. The number of carboxylic acid groups (broad SMARTS) is 1. The molecular formula is C17H29NO8. The number of nitrogens with one attached hydrogen (secondary N) is 1. The number of carboxylic acids is 1. The van der Waals surface area contributed by atoms with Gasteiger partial charge in [-0.25, -0.2) is 4.79 Å². The number of amides is 1. The summed E-state index contributed by atoms with van der Waals surface area (Å²) in [5.41, 5.74) is -0.488. The Bertz CT molecular complexity index is 456. The number of ether oxygens (including phenoxy) is 4. The minimum Gasteiger partial charge on any atom is -0.478 e. The van der Waals surface area contributed by atoms with Crippen molar-refractivity contribution >= 4 is 17.8 Å². The molecule has 0 atom stereocenters. The second-order valence-corrected chi connectivity index (χ2v) is 6.14. The van der Waals surface area contributed by atoms with Crippen molar-refractivity contribution in [1.29, 1.82) is 0 Å². The molecule has 0 aliphatic carbocycles. The molecule has 0 bridgehead atoms. The molecule has 0 aromatic carbocycles. The van der Waals surface area contributed by atoms with E-state index in [1.165, 1.54) is 0 Å². The number of hydrogen-bond donors (Lipinski definition) is 2. The molecule has 0 radical (unpaired) electrons. The van der Waals surface area contributed by atoms with Gasteiger partial charge in [-0.1, -0.05) is 0 Å². The summed E-state index contributed by atoms with van der Waals surface area (Å²) < 4.78 is 20.9. The second-order valence-electron chi connectivity index (χ2n) is 6.14. The number of aliphatic carboxylic acids is 1. The third-order valence-electron chi connectivity index (χ3n) is 2.54. The minimum atomic E-state index is -1.18. The van der Waals surface area contributed by atoms with Crippen LogP contribution in [-0.2, 0) is 33.3 Å². The molecule has 150 valence electrons. The highest BCUT2D eigenvalue weighted by atomic mass is 16.6. The number of carbonyl (C=O) groups excluding carboxylic acids is 2. The van der Waals surface area contributed by atoms with Crippen LogP contribution in [0.25, 0.3) is 0 Å². The van der Waals surface area contributed by atoms with Gasteiger partial charge < -0.3 is 29.4 Å². The zero-order valence-corrected chi connectivity index (χ0v) is 15.6. The van der Waals surface area contributed by atoms with Crippen LogP contribution < -0.4 is 5.32 Å². The van der Waals surface area contributed by atoms with Crippen LogP contribution in [0.3, 0.4) is 0 Å². The van der Waals surface area contributed by atoms with Gasteiger partial charge in [0, 0.05) is 18.7 Å². The molecule has 0 aliphatic rings. The van der Waals surface area contributed by atoms with E-state index in [4.69, 9.17) is 24.1 Å². The first-order valence-corrected chi connectivity index (χ1v) is 8.34. The number of hydrogen-bond acceptors (Lipinski definition) is 7. The lowest BCUT2D eigenvalue weighted by molar-refractivity contribution is -0.156. The molecule has 0 aromatic rings. The van der Waals surface area contributed by atoms with Crippen LogP contribution in [0.1, 0.15) is 27.2 Å². The summed E-state index contributed by atoms with van der Waals surface area (Å²) in [5.74, 6) is -1.96.